The number of nitrogens with one attached hydrogen (secondary N) is 1. The largest absolute Gasteiger partial charge is 0.480 e. The molecule has 33 heavy (non-hydrogen) atoms. The summed E-state index contributed by atoms with van der Waals surface area (Å²) in [7, 11) is -3.53. The molecule has 7 nitrogen and oxygen atoms in total. The Labute approximate surface area is 193 Å². The number of benzene rings is 3. The van der Waals surface area contributed by atoms with Gasteiger partial charge in [-0.15, -0.1) is 0 Å². The molecular weight excluding hydrogens is 440 g/mol. The topological polar surface area (TPSA) is 104 Å². The van der Waals surface area contributed by atoms with Gasteiger partial charge in [0.05, 0.1) is 6.26 Å². The van der Waals surface area contributed by atoms with E-state index in [-0.39, 0.29) is 13.0 Å². The first-order valence-corrected chi connectivity index (χ1v) is 12.7. The van der Waals surface area contributed by atoms with E-state index in [4.69, 9.17) is 0 Å². The molecule has 3 aromatic rings. The van der Waals surface area contributed by atoms with Crippen LogP contribution in [0.25, 0.3) is 21.9 Å². The first kappa shape index (κ1) is 22.9. The van der Waals surface area contributed by atoms with Crippen molar-refractivity contribution in [2.45, 2.75) is 31.3 Å². The zero-order valence-corrected chi connectivity index (χ0v) is 19.1. The molecule has 1 aliphatic heterocycles. The molecule has 1 aliphatic rings. The summed E-state index contributed by atoms with van der Waals surface area (Å²) in [5.41, 5.74) is 2.86. The van der Waals surface area contributed by atoms with Crippen molar-refractivity contribution >= 4 is 32.7 Å². The van der Waals surface area contributed by atoms with E-state index in [0.717, 1.165) is 38.0 Å². The van der Waals surface area contributed by atoms with Gasteiger partial charge in [-0.1, -0.05) is 66.7 Å². The Bertz CT molecular complexity index is 1280. The van der Waals surface area contributed by atoms with Crippen LogP contribution in [0.1, 0.15) is 18.4 Å². The quantitative estimate of drug-likeness (QED) is 0.557. The molecule has 8 heteroatoms. The maximum Gasteiger partial charge on any atom is 0.326 e. The molecule has 0 aromatic heterocycles. The second kappa shape index (κ2) is 9.33. The van der Waals surface area contributed by atoms with Gasteiger partial charge >= 0.3 is 5.97 Å². The Morgan fingerprint density at radius 3 is 2.45 bits per heavy atom. The highest BCUT2D eigenvalue weighted by Crippen LogP contribution is 2.29. The van der Waals surface area contributed by atoms with E-state index in [9.17, 15) is 23.1 Å². The lowest BCUT2D eigenvalue weighted by Gasteiger charge is -2.23. The number of carboxylic acids is 1. The van der Waals surface area contributed by atoms with Crippen LogP contribution in [0.5, 0.6) is 0 Å². The summed E-state index contributed by atoms with van der Waals surface area (Å²) in [5.74, 6) is -1.73. The second-order valence-corrected chi connectivity index (χ2v) is 10.3. The minimum Gasteiger partial charge on any atom is -0.480 e. The number of rotatable bonds is 7. The summed E-state index contributed by atoms with van der Waals surface area (Å²) in [4.78, 5) is 24.5. The van der Waals surface area contributed by atoms with Crippen LogP contribution in [0, 0.1) is 0 Å². The molecular formula is C25H26N2O5S. The summed E-state index contributed by atoms with van der Waals surface area (Å²) in [6, 6.07) is 19.8. The number of amides is 1. The number of hydrogen-bond acceptors (Lipinski definition) is 4. The van der Waals surface area contributed by atoms with Crippen LogP contribution >= 0.6 is 0 Å². The maximum absolute atomic E-state index is 12.7. The van der Waals surface area contributed by atoms with Crippen molar-refractivity contribution in [3.05, 3.63) is 72.3 Å². The predicted molar refractivity (Wildman–Crippen MR) is 127 cm³/mol. The molecule has 3 aromatic carbocycles. The van der Waals surface area contributed by atoms with Gasteiger partial charge in [0.2, 0.25) is 15.9 Å². The smallest absolute Gasteiger partial charge is 0.326 e. The molecule has 0 unspecified atom stereocenters. The van der Waals surface area contributed by atoms with Crippen molar-refractivity contribution < 1.29 is 23.1 Å². The lowest BCUT2D eigenvalue weighted by atomic mass is 9.96. The lowest BCUT2D eigenvalue weighted by molar-refractivity contribution is -0.142. The number of nitrogens with zero attached hydrogens (tertiary/aromatic N) is 1. The van der Waals surface area contributed by atoms with Crippen LogP contribution < -0.4 is 5.32 Å². The van der Waals surface area contributed by atoms with Gasteiger partial charge in [-0.05, 0) is 40.3 Å². The number of carbonyl (C=O) groups excluding carboxylic acids is 1. The minimum absolute atomic E-state index is 0.0997. The fourth-order valence-electron chi connectivity index (χ4n) is 4.40. The standard InChI is InChI=1S/C25H26N2O5S/c1-33(31,32)27-15-5-10-23(27)24(28)26-22(25(29)30)16-17-11-13-19(14-12-17)21-9-4-7-18-6-2-3-8-20(18)21/h2-4,6-9,11-14,22-23H,5,10,15-16H2,1H3,(H,26,28)(H,29,30)/t22-,23-/m0/s1. The van der Waals surface area contributed by atoms with Gasteiger partial charge in [-0.25, -0.2) is 13.2 Å². The van der Waals surface area contributed by atoms with Crippen molar-refractivity contribution in [2.75, 3.05) is 12.8 Å². The third-order valence-corrected chi connectivity index (χ3v) is 7.33. The van der Waals surface area contributed by atoms with Crippen molar-refractivity contribution in [3.8, 4) is 11.1 Å². The zero-order valence-electron chi connectivity index (χ0n) is 18.3. The van der Waals surface area contributed by atoms with Crippen molar-refractivity contribution in [2.24, 2.45) is 0 Å². The molecule has 2 atom stereocenters. The van der Waals surface area contributed by atoms with Gasteiger partial charge < -0.3 is 10.4 Å². The van der Waals surface area contributed by atoms with Gasteiger partial charge in [0.15, 0.2) is 0 Å². The molecule has 1 saturated heterocycles. The van der Waals surface area contributed by atoms with Crippen molar-refractivity contribution in [1.29, 1.82) is 0 Å². The number of carbonyl (C=O) groups is 2. The Morgan fingerprint density at radius 2 is 1.76 bits per heavy atom. The van der Waals surface area contributed by atoms with Gasteiger partial charge in [-0.2, -0.15) is 4.31 Å². The van der Waals surface area contributed by atoms with Crippen LogP contribution in [-0.4, -0.2) is 54.6 Å². The highest BCUT2D eigenvalue weighted by molar-refractivity contribution is 7.88. The summed E-state index contributed by atoms with van der Waals surface area (Å²) < 4.78 is 25.0. The summed E-state index contributed by atoms with van der Waals surface area (Å²) >= 11 is 0. The highest BCUT2D eigenvalue weighted by atomic mass is 32.2. The number of carboxylic acid groups (broad SMARTS) is 1. The third kappa shape index (κ3) is 5.07. The van der Waals surface area contributed by atoms with Crippen LogP contribution in [-0.2, 0) is 26.0 Å². The molecule has 0 radical (unpaired) electrons. The van der Waals surface area contributed by atoms with E-state index in [2.05, 4.69) is 23.5 Å². The average Bonchev–Trinajstić information content (AvgIpc) is 3.30. The Hall–Kier alpha value is -3.23. The predicted octanol–water partition coefficient (Wildman–Crippen LogP) is 3.04. The molecule has 1 fully saturated rings. The van der Waals surface area contributed by atoms with Crippen LogP contribution in [0.3, 0.4) is 0 Å². The first-order valence-electron chi connectivity index (χ1n) is 10.8. The molecule has 4 rings (SSSR count). The molecule has 0 spiro atoms. The minimum atomic E-state index is -3.53. The Kier molecular flexibility index (Phi) is 6.49. The van der Waals surface area contributed by atoms with Crippen LogP contribution in [0.15, 0.2) is 66.7 Å². The van der Waals surface area contributed by atoms with E-state index in [1.54, 1.807) is 0 Å². The molecule has 0 aliphatic carbocycles. The van der Waals surface area contributed by atoms with E-state index in [1.807, 2.05) is 48.5 Å². The number of sulfonamides is 1. The lowest BCUT2D eigenvalue weighted by Crippen LogP contribution is -2.51. The Balaban J connectivity index is 1.49. The molecule has 0 saturated carbocycles. The Morgan fingerprint density at radius 1 is 1.06 bits per heavy atom. The molecule has 1 amide bonds. The maximum atomic E-state index is 12.7. The van der Waals surface area contributed by atoms with E-state index < -0.39 is 34.0 Å². The van der Waals surface area contributed by atoms with Gasteiger partial charge in [0.25, 0.3) is 0 Å². The highest BCUT2D eigenvalue weighted by Gasteiger charge is 2.37. The fraction of sp³-hybridized carbons (Fsp3) is 0.280. The average molecular weight is 467 g/mol. The molecule has 0 bridgehead atoms. The monoisotopic (exact) mass is 466 g/mol. The van der Waals surface area contributed by atoms with Gasteiger partial charge in [0, 0.05) is 13.0 Å². The van der Waals surface area contributed by atoms with Crippen molar-refractivity contribution in [3.63, 3.8) is 0 Å². The normalized spacial score (nSPS) is 17.7. The van der Waals surface area contributed by atoms with Gasteiger partial charge in [-0.3, -0.25) is 4.79 Å². The van der Waals surface area contributed by atoms with Gasteiger partial charge in [0.1, 0.15) is 12.1 Å². The molecule has 172 valence electrons. The molecule has 2 N–H and O–H groups in total. The summed E-state index contributed by atoms with van der Waals surface area (Å²) in [6.45, 7) is 0.268. The first-order chi connectivity index (χ1) is 15.7. The number of hydrogen-bond donors (Lipinski definition) is 2. The number of aliphatic carboxylic acids is 1. The second-order valence-electron chi connectivity index (χ2n) is 8.36. The van der Waals surface area contributed by atoms with E-state index in [1.165, 1.54) is 0 Å². The zero-order chi connectivity index (χ0) is 23.6. The SMILES string of the molecule is CS(=O)(=O)N1CCC[C@H]1C(=O)N[C@@H](Cc1ccc(-c2cccc3ccccc23)cc1)C(=O)O. The summed E-state index contributed by atoms with van der Waals surface area (Å²) in [6.07, 6.45) is 2.11. The van der Waals surface area contributed by atoms with Crippen LogP contribution in [0.2, 0.25) is 0 Å². The summed E-state index contributed by atoms with van der Waals surface area (Å²) in [5, 5.41) is 14.5. The molecule has 1 heterocycles. The van der Waals surface area contributed by atoms with Crippen molar-refractivity contribution in [1.82, 2.24) is 9.62 Å². The van der Waals surface area contributed by atoms with E-state index in [0.29, 0.717) is 12.8 Å². The third-order valence-electron chi connectivity index (χ3n) is 6.04. The van der Waals surface area contributed by atoms with Crippen LogP contribution in [0.4, 0.5) is 0 Å². The fourth-order valence-corrected chi connectivity index (χ4v) is 5.52. The number of fused-ring (bicyclic) bond motifs is 1. The van der Waals surface area contributed by atoms with E-state index >= 15 is 0 Å².